The molecule has 38 heavy (non-hydrogen) atoms. The maximum atomic E-state index is 14.2. The van der Waals surface area contributed by atoms with Crippen molar-refractivity contribution in [1.29, 1.82) is 5.26 Å². The van der Waals surface area contributed by atoms with Gasteiger partial charge in [0.15, 0.2) is 5.78 Å². The Bertz CT molecular complexity index is 1540. The molecule has 1 heterocycles. The van der Waals surface area contributed by atoms with Crippen molar-refractivity contribution in [2.24, 2.45) is 5.73 Å². The molecule has 0 aromatic heterocycles. The number of Topliss-reactive ketones (excluding diaryl/α,β-unsaturated/α-hetero) is 1. The number of nitrogens with two attached hydrogens (primary N) is 1. The molecule has 5 rings (SSSR count). The van der Waals surface area contributed by atoms with Gasteiger partial charge >= 0.3 is 0 Å². The Balaban J connectivity index is 1.62. The largest absolute Gasteiger partial charge is 0.384 e. The number of halogens is 2. The quantitative estimate of drug-likeness (QED) is 0.356. The van der Waals surface area contributed by atoms with E-state index in [9.17, 15) is 18.8 Å². The zero-order chi connectivity index (χ0) is 27.0. The molecule has 1 atom stereocenters. The van der Waals surface area contributed by atoms with Gasteiger partial charge in [0, 0.05) is 28.3 Å². The van der Waals surface area contributed by atoms with Crippen LogP contribution in [0.1, 0.15) is 47.4 Å². The number of ketones is 1. The van der Waals surface area contributed by atoms with Crippen molar-refractivity contribution in [1.82, 2.24) is 0 Å². The summed E-state index contributed by atoms with van der Waals surface area (Å²) in [5.41, 5.74) is 12.7. The van der Waals surface area contributed by atoms with Gasteiger partial charge in [0.2, 0.25) is 0 Å². The first-order valence-electron chi connectivity index (χ1n) is 12.5. The van der Waals surface area contributed by atoms with E-state index in [0.717, 1.165) is 32.8 Å². The molecule has 4 nitrogen and oxygen atoms in total. The van der Waals surface area contributed by atoms with E-state index >= 15 is 0 Å². The van der Waals surface area contributed by atoms with Gasteiger partial charge in [-0.3, -0.25) is 9.69 Å². The number of nitrogens with zero attached hydrogens (tertiary/aromatic N) is 2. The average molecular weight is 528 g/mol. The highest BCUT2D eigenvalue weighted by Gasteiger charge is 2.41. The molecule has 3 aromatic carbocycles. The zero-order valence-electron chi connectivity index (χ0n) is 21.2. The second-order valence-corrected chi connectivity index (χ2v) is 10.7. The first kappa shape index (κ1) is 25.7. The smallest absolute Gasteiger partial charge is 0.161 e. The lowest BCUT2D eigenvalue weighted by molar-refractivity contribution is -0.116. The van der Waals surface area contributed by atoms with Crippen LogP contribution in [0, 0.1) is 36.8 Å². The minimum Gasteiger partial charge on any atom is -0.384 e. The third-order valence-electron chi connectivity index (χ3n) is 7.22. The highest BCUT2D eigenvalue weighted by molar-refractivity contribution is 7.98. The fourth-order valence-electron chi connectivity index (χ4n) is 5.38. The highest BCUT2D eigenvalue weighted by atomic mass is 32.2. The van der Waals surface area contributed by atoms with Crippen LogP contribution in [0.2, 0.25) is 0 Å². The van der Waals surface area contributed by atoms with Crippen LogP contribution in [0.3, 0.4) is 0 Å². The van der Waals surface area contributed by atoms with E-state index in [-0.39, 0.29) is 23.0 Å². The number of allylic oxidation sites excluding steroid dienone is 3. The normalized spacial score (nSPS) is 17.5. The van der Waals surface area contributed by atoms with Crippen LogP contribution in [0.25, 0.3) is 0 Å². The number of aryl methyl sites for hydroxylation is 2. The molecule has 1 aliphatic carbocycles. The van der Waals surface area contributed by atoms with Gasteiger partial charge in [0.25, 0.3) is 0 Å². The van der Waals surface area contributed by atoms with E-state index in [1.54, 1.807) is 40.9 Å². The molecule has 0 bridgehead atoms. The number of thioether (sulfide) groups is 1. The molecule has 0 saturated carbocycles. The Hall–Kier alpha value is -3.89. The lowest BCUT2D eigenvalue weighted by atomic mass is 9.74. The molecule has 2 N–H and O–H groups in total. The summed E-state index contributed by atoms with van der Waals surface area (Å²) in [5.74, 6) is -0.435. The number of hydrogen-bond donors (Lipinski definition) is 1. The van der Waals surface area contributed by atoms with E-state index in [4.69, 9.17) is 5.73 Å². The van der Waals surface area contributed by atoms with Crippen LogP contribution in [0.5, 0.6) is 0 Å². The van der Waals surface area contributed by atoms with Crippen LogP contribution >= 0.6 is 11.8 Å². The van der Waals surface area contributed by atoms with Crippen LogP contribution in [0.4, 0.5) is 14.5 Å². The third kappa shape index (κ3) is 4.72. The second kappa shape index (κ2) is 10.5. The molecule has 3 aromatic rings. The molecule has 0 amide bonds. The van der Waals surface area contributed by atoms with Gasteiger partial charge in [-0.15, -0.1) is 11.8 Å². The minimum atomic E-state index is -0.595. The van der Waals surface area contributed by atoms with Gasteiger partial charge in [0.1, 0.15) is 17.5 Å². The van der Waals surface area contributed by atoms with Gasteiger partial charge in [-0.2, -0.15) is 5.26 Å². The predicted molar refractivity (Wildman–Crippen MR) is 146 cm³/mol. The van der Waals surface area contributed by atoms with Crippen molar-refractivity contribution >= 4 is 23.2 Å². The Kier molecular flexibility index (Phi) is 7.09. The van der Waals surface area contributed by atoms with E-state index < -0.39 is 11.7 Å². The molecule has 0 fully saturated rings. The zero-order valence-corrected chi connectivity index (χ0v) is 22.0. The Morgan fingerprint density at radius 3 is 2.50 bits per heavy atom. The summed E-state index contributed by atoms with van der Waals surface area (Å²) in [5, 5.41) is 10.3. The summed E-state index contributed by atoms with van der Waals surface area (Å²) in [7, 11) is 0. The fourth-order valence-corrected chi connectivity index (χ4v) is 6.34. The molecule has 0 spiro atoms. The van der Waals surface area contributed by atoms with Crippen molar-refractivity contribution in [3.05, 3.63) is 117 Å². The summed E-state index contributed by atoms with van der Waals surface area (Å²) in [6.07, 6.45) is 1.66. The third-order valence-corrected chi connectivity index (χ3v) is 8.28. The molecule has 1 aliphatic heterocycles. The van der Waals surface area contributed by atoms with Gasteiger partial charge in [0.05, 0.1) is 23.2 Å². The van der Waals surface area contributed by atoms with E-state index in [1.165, 1.54) is 24.3 Å². The maximum absolute atomic E-state index is 14.2. The van der Waals surface area contributed by atoms with Gasteiger partial charge < -0.3 is 5.73 Å². The van der Waals surface area contributed by atoms with Crippen molar-refractivity contribution < 1.29 is 13.6 Å². The lowest BCUT2D eigenvalue weighted by Gasteiger charge is -2.40. The van der Waals surface area contributed by atoms with Crippen molar-refractivity contribution in [3.63, 3.8) is 0 Å². The van der Waals surface area contributed by atoms with Crippen molar-refractivity contribution in [3.8, 4) is 6.07 Å². The Morgan fingerprint density at radius 1 is 1.03 bits per heavy atom. The summed E-state index contributed by atoms with van der Waals surface area (Å²) in [6, 6.07) is 18.9. The molecule has 7 heteroatoms. The van der Waals surface area contributed by atoms with E-state index in [2.05, 4.69) is 18.2 Å². The molecule has 2 aliphatic rings. The number of benzene rings is 3. The molecule has 0 radical (unpaired) electrons. The van der Waals surface area contributed by atoms with Crippen LogP contribution in [0.15, 0.2) is 88.2 Å². The standard InChI is InChI=1S/C31H27F2N3OS/c1-18-13-19(2)25(14-20(18)17-38-24-11-9-21(32)10-12-24)29-26(16-34)31(35)36(23-6-3-5-22(33)15-23)27-7-4-8-28(37)30(27)29/h3,5-6,9-15,29H,4,7-8,17,35H2,1-2H3. The Labute approximate surface area is 225 Å². The molecule has 0 saturated heterocycles. The first-order chi connectivity index (χ1) is 18.3. The van der Waals surface area contributed by atoms with Gasteiger partial charge in [-0.25, -0.2) is 8.78 Å². The average Bonchev–Trinajstić information content (AvgIpc) is 2.89. The van der Waals surface area contributed by atoms with Crippen molar-refractivity contribution in [2.75, 3.05) is 4.90 Å². The molecular formula is C31H27F2N3OS. The van der Waals surface area contributed by atoms with Crippen LogP contribution < -0.4 is 10.6 Å². The number of carbonyl (C=O) groups is 1. The maximum Gasteiger partial charge on any atom is 0.161 e. The number of anilines is 1. The summed E-state index contributed by atoms with van der Waals surface area (Å²) >= 11 is 1.60. The lowest BCUT2D eigenvalue weighted by Crippen LogP contribution is -2.39. The molecular weight excluding hydrogens is 500 g/mol. The molecule has 1 unspecified atom stereocenters. The molecule has 192 valence electrons. The summed E-state index contributed by atoms with van der Waals surface area (Å²) < 4.78 is 27.5. The number of nitriles is 1. The Morgan fingerprint density at radius 2 is 1.79 bits per heavy atom. The van der Waals surface area contributed by atoms with E-state index in [0.29, 0.717) is 36.3 Å². The van der Waals surface area contributed by atoms with Gasteiger partial charge in [-0.1, -0.05) is 18.2 Å². The minimum absolute atomic E-state index is 0.0138. The van der Waals surface area contributed by atoms with E-state index in [1.807, 2.05) is 13.8 Å². The monoisotopic (exact) mass is 527 g/mol. The van der Waals surface area contributed by atoms with Gasteiger partial charge in [-0.05, 0) is 91.4 Å². The summed E-state index contributed by atoms with van der Waals surface area (Å²) in [6.45, 7) is 4.02. The van der Waals surface area contributed by atoms with Crippen LogP contribution in [-0.2, 0) is 10.5 Å². The van der Waals surface area contributed by atoms with Crippen LogP contribution in [-0.4, -0.2) is 5.78 Å². The summed E-state index contributed by atoms with van der Waals surface area (Å²) in [4.78, 5) is 16.1. The second-order valence-electron chi connectivity index (χ2n) is 9.67. The highest BCUT2D eigenvalue weighted by Crippen LogP contribution is 2.47. The SMILES string of the molecule is Cc1cc(C)c(C2C(C#N)=C(N)N(c3cccc(F)c3)C3=C2C(=O)CCC3)cc1CSc1ccc(F)cc1. The number of carbonyl (C=O) groups excluding carboxylic acids is 1. The topological polar surface area (TPSA) is 70.1 Å². The number of rotatable bonds is 5. The first-order valence-corrected chi connectivity index (χ1v) is 13.5. The fraction of sp³-hybridized carbons (Fsp3) is 0.226. The predicted octanol–water partition coefficient (Wildman–Crippen LogP) is 7.18. The number of hydrogen-bond acceptors (Lipinski definition) is 5. The van der Waals surface area contributed by atoms with Crippen molar-refractivity contribution in [2.45, 2.75) is 49.7 Å².